The van der Waals surface area contributed by atoms with E-state index < -0.39 is 0 Å². The molecule has 0 aromatic rings. The molecule has 0 radical (unpaired) electrons. The summed E-state index contributed by atoms with van der Waals surface area (Å²) < 4.78 is 6.62. The molecule has 3 aliphatic rings. The molecule has 2 unspecified atom stereocenters. The number of hydrogen-bond acceptors (Lipinski definition) is 3. The van der Waals surface area contributed by atoms with Gasteiger partial charge in [-0.3, -0.25) is 0 Å². The largest absolute Gasteiger partial charge is 0.378 e. The van der Waals surface area contributed by atoms with Crippen LogP contribution in [0, 0.1) is 5.41 Å². The molecule has 2 atom stereocenters. The third-order valence-corrected chi connectivity index (χ3v) is 7.72. The van der Waals surface area contributed by atoms with E-state index in [4.69, 9.17) is 4.74 Å². The van der Waals surface area contributed by atoms with Crippen LogP contribution in [0.1, 0.15) is 64.7 Å². The topological polar surface area (TPSA) is 21.3 Å². The molecule has 3 heteroatoms. The zero-order valence-electron chi connectivity index (χ0n) is 13.2. The van der Waals surface area contributed by atoms with E-state index in [0.29, 0.717) is 16.3 Å². The number of rotatable bonds is 6. The van der Waals surface area contributed by atoms with Crippen molar-refractivity contribution in [1.82, 2.24) is 5.32 Å². The maximum absolute atomic E-state index is 6.05. The highest BCUT2D eigenvalue weighted by Gasteiger charge is 2.55. The molecule has 3 saturated carbocycles. The predicted octanol–water partition coefficient (Wildman–Crippen LogP) is 3.99. The molecule has 3 fully saturated rings. The van der Waals surface area contributed by atoms with Crippen molar-refractivity contribution in [3.05, 3.63) is 0 Å². The second-order valence-corrected chi connectivity index (χ2v) is 8.42. The zero-order chi connectivity index (χ0) is 14.1. The maximum Gasteiger partial charge on any atom is 0.0661 e. The average Bonchev–Trinajstić information content (AvgIpc) is 2.45. The monoisotopic (exact) mass is 297 g/mol. The Hall–Kier alpha value is 0.270. The van der Waals surface area contributed by atoms with Crippen molar-refractivity contribution in [3.63, 3.8) is 0 Å². The van der Waals surface area contributed by atoms with Gasteiger partial charge in [-0.15, -0.1) is 0 Å². The fraction of sp³-hybridized carbons (Fsp3) is 1.00. The lowest BCUT2D eigenvalue weighted by Gasteiger charge is -2.59. The van der Waals surface area contributed by atoms with Crippen LogP contribution in [0.5, 0.6) is 0 Å². The SMILES string of the molecule is CCOC1CC(NCC2(SC)CCC2)C12CCCCC2. The van der Waals surface area contributed by atoms with E-state index >= 15 is 0 Å². The molecule has 0 heterocycles. The Morgan fingerprint density at radius 1 is 1.10 bits per heavy atom. The van der Waals surface area contributed by atoms with Gasteiger partial charge in [-0.25, -0.2) is 0 Å². The van der Waals surface area contributed by atoms with Crippen LogP contribution in [0.15, 0.2) is 0 Å². The van der Waals surface area contributed by atoms with Crippen molar-refractivity contribution in [2.75, 3.05) is 19.4 Å². The molecule has 20 heavy (non-hydrogen) atoms. The van der Waals surface area contributed by atoms with E-state index in [0.717, 1.165) is 12.6 Å². The Morgan fingerprint density at radius 3 is 2.40 bits per heavy atom. The van der Waals surface area contributed by atoms with Gasteiger partial charge < -0.3 is 10.1 Å². The second kappa shape index (κ2) is 6.18. The molecule has 1 N–H and O–H groups in total. The quantitative estimate of drug-likeness (QED) is 0.801. The van der Waals surface area contributed by atoms with Gasteiger partial charge in [-0.1, -0.05) is 25.7 Å². The van der Waals surface area contributed by atoms with Gasteiger partial charge >= 0.3 is 0 Å². The van der Waals surface area contributed by atoms with Gasteiger partial charge in [0.1, 0.15) is 0 Å². The Labute approximate surface area is 128 Å². The van der Waals surface area contributed by atoms with Crippen molar-refractivity contribution in [2.45, 2.75) is 81.6 Å². The number of thioether (sulfide) groups is 1. The van der Waals surface area contributed by atoms with E-state index in [1.807, 2.05) is 0 Å². The van der Waals surface area contributed by atoms with Gasteiger partial charge in [0.25, 0.3) is 0 Å². The third kappa shape index (κ3) is 2.55. The molecule has 1 spiro atoms. The minimum atomic E-state index is 0.484. The highest BCUT2D eigenvalue weighted by molar-refractivity contribution is 8.00. The van der Waals surface area contributed by atoms with E-state index in [1.54, 1.807) is 0 Å². The van der Waals surface area contributed by atoms with Crippen LogP contribution in [0.3, 0.4) is 0 Å². The molecule has 0 aromatic carbocycles. The minimum Gasteiger partial charge on any atom is -0.378 e. The molecule has 0 saturated heterocycles. The summed E-state index contributed by atoms with van der Waals surface area (Å²) in [6.07, 6.45) is 15.4. The molecular weight excluding hydrogens is 266 g/mol. The summed E-state index contributed by atoms with van der Waals surface area (Å²) in [5, 5.41) is 3.96. The average molecular weight is 298 g/mol. The van der Waals surface area contributed by atoms with E-state index in [-0.39, 0.29) is 0 Å². The lowest BCUT2D eigenvalue weighted by Crippen LogP contribution is -2.66. The summed E-state index contributed by atoms with van der Waals surface area (Å²) >= 11 is 2.09. The smallest absolute Gasteiger partial charge is 0.0661 e. The van der Waals surface area contributed by atoms with Crippen LogP contribution in [0.25, 0.3) is 0 Å². The van der Waals surface area contributed by atoms with E-state index in [9.17, 15) is 0 Å². The fourth-order valence-corrected chi connectivity index (χ4v) is 5.61. The molecule has 3 rings (SSSR count). The fourth-order valence-electron chi connectivity index (χ4n) is 4.68. The second-order valence-electron chi connectivity index (χ2n) is 7.15. The van der Waals surface area contributed by atoms with Crippen LogP contribution >= 0.6 is 11.8 Å². The molecule has 0 amide bonds. The first-order valence-corrected chi connectivity index (χ1v) is 9.87. The molecule has 0 aromatic heterocycles. The first kappa shape index (κ1) is 15.2. The minimum absolute atomic E-state index is 0.484. The number of nitrogens with one attached hydrogen (secondary N) is 1. The van der Waals surface area contributed by atoms with Gasteiger partial charge in [0.05, 0.1) is 6.10 Å². The van der Waals surface area contributed by atoms with Crippen LogP contribution in [0.4, 0.5) is 0 Å². The van der Waals surface area contributed by atoms with E-state index in [2.05, 4.69) is 30.3 Å². The Kier molecular flexibility index (Phi) is 4.69. The molecule has 0 bridgehead atoms. The first-order chi connectivity index (χ1) is 9.75. The number of ether oxygens (including phenoxy) is 1. The normalized spacial score (nSPS) is 34.5. The number of hydrogen-bond donors (Lipinski definition) is 1. The van der Waals surface area contributed by atoms with Crippen molar-refractivity contribution in [2.24, 2.45) is 5.41 Å². The van der Waals surface area contributed by atoms with Crippen LogP contribution in [-0.2, 0) is 4.74 Å². The lowest BCUT2D eigenvalue weighted by atomic mass is 9.55. The van der Waals surface area contributed by atoms with Gasteiger partial charge in [0, 0.05) is 29.4 Å². The zero-order valence-corrected chi connectivity index (χ0v) is 14.1. The summed E-state index contributed by atoms with van der Waals surface area (Å²) in [7, 11) is 0. The highest BCUT2D eigenvalue weighted by Crippen LogP contribution is 2.53. The summed E-state index contributed by atoms with van der Waals surface area (Å²) in [6.45, 7) is 4.25. The van der Waals surface area contributed by atoms with Crippen molar-refractivity contribution in [3.8, 4) is 0 Å². The summed E-state index contributed by atoms with van der Waals surface area (Å²) in [4.78, 5) is 0. The van der Waals surface area contributed by atoms with Gasteiger partial charge in [-0.05, 0) is 45.3 Å². The third-order valence-electron chi connectivity index (χ3n) is 6.31. The molecule has 3 aliphatic carbocycles. The summed E-state index contributed by atoms with van der Waals surface area (Å²) in [5.74, 6) is 0. The Balaban J connectivity index is 1.58. The summed E-state index contributed by atoms with van der Waals surface area (Å²) in [5.41, 5.74) is 0.484. The highest BCUT2D eigenvalue weighted by atomic mass is 32.2. The van der Waals surface area contributed by atoms with Crippen LogP contribution in [0.2, 0.25) is 0 Å². The van der Waals surface area contributed by atoms with Crippen LogP contribution < -0.4 is 5.32 Å². The Morgan fingerprint density at radius 2 is 1.85 bits per heavy atom. The standard InChI is InChI=1S/C17H31NOS/c1-3-19-15-12-14(17(15)10-5-4-6-11-17)18-13-16(20-2)8-7-9-16/h14-15,18H,3-13H2,1-2H3. The first-order valence-electron chi connectivity index (χ1n) is 8.65. The van der Waals surface area contributed by atoms with Crippen molar-refractivity contribution >= 4 is 11.8 Å². The molecule has 2 nitrogen and oxygen atoms in total. The van der Waals surface area contributed by atoms with Gasteiger partial charge in [-0.2, -0.15) is 11.8 Å². The lowest BCUT2D eigenvalue weighted by molar-refractivity contribution is -0.150. The summed E-state index contributed by atoms with van der Waals surface area (Å²) in [6, 6.07) is 0.726. The van der Waals surface area contributed by atoms with Gasteiger partial charge in [0.2, 0.25) is 0 Å². The van der Waals surface area contributed by atoms with Gasteiger partial charge in [0.15, 0.2) is 0 Å². The maximum atomic E-state index is 6.05. The van der Waals surface area contributed by atoms with Crippen LogP contribution in [-0.4, -0.2) is 36.3 Å². The molecule has 0 aliphatic heterocycles. The van der Waals surface area contributed by atoms with Crippen molar-refractivity contribution < 1.29 is 4.74 Å². The van der Waals surface area contributed by atoms with Crippen molar-refractivity contribution in [1.29, 1.82) is 0 Å². The Bertz CT molecular complexity index is 317. The predicted molar refractivity (Wildman–Crippen MR) is 87.4 cm³/mol. The molecule has 116 valence electrons. The molecular formula is C17H31NOS. The van der Waals surface area contributed by atoms with E-state index in [1.165, 1.54) is 64.3 Å².